The van der Waals surface area contributed by atoms with Crippen molar-refractivity contribution < 1.29 is 0 Å². The SMILES string of the molecule is CCCCn1cc(CN(C)C2CCCc3cccnc32)nn1. The molecule has 3 rings (SSSR count). The number of hydrogen-bond acceptors (Lipinski definition) is 4. The summed E-state index contributed by atoms with van der Waals surface area (Å²) in [5.41, 5.74) is 3.69. The highest BCUT2D eigenvalue weighted by molar-refractivity contribution is 5.25. The summed E-state index contributed by atoms with van der Waals surface area (Å²) in [6.07, 6.45) is 9.88. The minimum atomic E-state index is 0.394. The lowest BCUT2D eigenvalue weighted by Gasteiger charge is -2.31. The Morgan fingerprint density at radius 1 is 1.41 bits per heavy atom. The molecule has 0 saturated carbocycles. The molecule has 2 aromatic heterocycles. The highest BCUT2D eigenvalue weighted by Gasteiger charge is 2.25. The van der Waals surface area contributed by atoms with Crippen LogP contribution in [0.25, 0.3) is 0 Å². The van der Waals surface area contributed by atoms with Gasteiger partial charge in [0.2, 0.25) is 0 Å². The molecule has 22 heavy (non-hydrogen) atoms. The number of pyridine rings is 1. The van der Waals surface area contributed by atoms with Gasteiger partial charge in [0.15, 0.2) is 0 Å². The van der Waals surface area contributed by atoms with Gasteiger partial charge in [-0.25, -0.2) is 0 Å². The normalized spacial score (nSPS) is 17.7. The number of aryl methyl sites for hydroxylation is 2. The largest absolute Gasteiger partial charge is 0.292 e. The number of aromatic nitrogens is 4. The van der Waals surface area contributed by atoms with E-state index in [0.29, 0.717) is 6.04 Å². The van der Waals surface area contributed by atoms with Gasteiger partial charge in [-0.1, -0.05) is 24.6 Å². The first-order valence-corrected chi connectivity index (χ1v) is 8.31. The number of nitrogens with zero attached hydrogens (tertiary/aromatic N) is 5. The Hall–Kier alpha value is -1.75. The van der Waals surface area contributed by atoms with Gasteiger partial charge in [-0.15, -0.1) is 5.10 Å². The van der Waals surface area contributed by atoms with Crippen LogP contribution in [0.3, 0.4) is 0 Å². The van der Waals surface area contributed by atoms with E-state index in [-0.39, 0.29) is 0 Å². The molecular formula is C17H25N5. The van der Waals surface area contributed by atoms with Crippen molar-refractivity contribution in [3.05, 3.63) is 41.5 Å². The molecule has 0 N–H and O–H groups in total. The van der Waals surface area contributed by atoms with Gasteiger partial charge in [0.1, 0.15) is 0 Å². The van der Waals surface area contributed by atoms with E-state index in [4.69, 9.17) is 0 Å². The molecule has 0 spiro atoms. The van der Waals surface area contributed by atoms with E-state index in [9.17, 15) is 0 Å². The minimum absolute atomic E-state index is 0.394. The van der Waals surface area contributed by atoms with Crippen molar-refractivity contribution in [2.75, 3.05) is 7.05 Å². The van der Waals surface area contributed by atoms with Gasteiger partial charge < -0.3 is 0 Å². The van der Waals surface area contributed by atoms with Crippen LogP contribution in [0.5, 0.6) is 0 Å². The summed E-state index contributed by atoms with van der Waals surface area (Å²) in [7, 11) is 2.17. The van der Waals surface area contributed by atoms with Crippen LogP contribution in [-0.2, 0) is 19.5 Å². The smallest absolute Gasteiger partial charge is 0.0967 e. The van der Waals surface area contributed by atoms with Crippen molar-refractivity contribution in [2.24, 2.45) is 0 Å². The van der Waals surface area contributed by atoms with Gasteiger partial charge in [-0.05, 0) is 44.4 Å². The zero-order chi connectivity index (χ0) is 15.4. The monoisotopic (exact) mass is 299 g/mol. The van der Waals surface area contributed by atoms with Crippen LogP contribution in [0.4, 0.5) is 0 Å². The van der Waals surface area contributed by atoms with E-state index in [1.165, 1.54) is 30.5 Å². The first kappa shape index (κ1) is 15.2. The molecule has 1 aliphatic carbocycles. The zero-order valence-corrected chi connectivity index (χ0v) is 13.6. The van der Waals surface area contributed by atoms with E-state index in [1.54, 1.807) is 0 Å². The Morgan fingerprint density at radius 3 is 3.18 bits per heavy atom. The number of fused-ring (bicyclic) bond motifs is 1. The Labute approximate surface area is 132 Å². The van der Waals surface area contributed by atoms with E-state index >= 15 is 0 Å². The Kier molecular flexibility index (Phi) is 4.83. The standard InChI is InChI=1S/C17H25N5/c1-3-4-11-22-13-15(19-20-22)12-21(2)16-9-5-7-14-8-6-10-18-17(14)16/h6,8,10,13,16H,3-5,7,9,11-12H2,1-2H3. The van der Waals surface area contributed by atoms with Crippen LogP contribution in [0.15, 0.2) is 24.5 Å². The van der Waals surface area contributed by atoms with E-state index in [1.807, 2.05) is 16.9 Å². The predicted molar refractivity (Wildman–Crippen MR) is 86.3 cm³/mol. The van der Waals surface area contributed by atoms with Crippen LogP contribution in [-0.4, -0.2) is 31.9 Å². The fraction of sp³-hybridized carbons (Fsp3) is 0.588. The Morgan fingerprint density at radius 2 is 2.32 bits per heavy atom. The van der Waals surface area contributed by atoms with Gasteiger partial charge in [0, 0.05) is 25.5 Å². The van der Waals surface area contributed by atoms with Gasteiger partial charge in [0.25, 0.3) is 0 Å². The molecule has 0 radical (unpaired) electrons. The molecule has 0 saturated heterocycles. The van der Waals surface area contributed by atoms with Crippen LogP contribution in [0.1, 0.15) is 55.6 Å². The third kappa shape index (κ3) is 3.35. The molecule has 0 aromatic carbocycles. The van der Waals surface area contributed by atoms with Crippen molar-refractivity contribution in [1.82, 2.24) is 24.9 Å². The quantitative estimate of drug-likeness (QED) is 0.822. The van der Waals surface area contributed by atoms with E-state index in [0.717, 1.165) is 31.6 Å². The van der Waals surface area contributed by atoms with Gasteiger partial charge in [-0.2, -0.15) is 0 Å². The molecule has 0 aliphatic heterocycles. The Bertz CT molecular complexity index is 607. The summed E-state index contributed by atoms with van der Waals surface area (Å²) in [6, 6.07) is 4.65. The van der Waals surface area contributed by atoms with Gasteiger partial charge >= 0.3 is 0 Å². The molecule has 2 aromatic rings. The van der Waals surface area contributed by atoms with Crippen molar-refractivity contribution >= 4 is 0 Å². The molecule has 1 unspecified atom stereocenters. The molecule has 118 valence electrons. The number of unbranched alkanes of at least 4 members (excludes halogenated alkanes) is 1. The molecule has 0 amide bonds. The predicted octanol–water partition coefficient (Wildman–Crippen LogP) is 2.98. The zero-order valence-electron chi connectivity index (χ0n) is 13.6. The third-order valence-electron chi connectivity index (χ3n) is 4.44. The topological polar surface area (TPSA) is 46.8 Å². The highest BCUT2D eigenvalue weighted by Crippen LogP contribution is 2.32. The first-order valence-electron chi connectivity index (χ1n) is 8.31. The van der Waals surface area contributed by atoms with Gasteiger partial charge in [0.05, 0.1) is 17.4 Å². The second-order valence-corrected chi connectivity index (χ2v) is 6.20. The first-order chi connectivity index (χ1) is 10.8. The fourth-order valence-electron chi connectivity index (χ4n) is 3.22. The lowest BCUT2D eigenvalue weighted by atomic mass is 9.91. The third-order valence-corrected chi connectivity index (χ3v) is 4.44. The van der Waals surface area contributed by atoms with Crippen LogP contribution in [0, 0.1) is 0 Å². The van der Waals surface area contributed by atoms with Crippen LogP contribution < -0.4 is 0 Å². The lowest BCUT2D eigenvalue weighted by Crippen LogP contribution is -2.28. The molecular weight excluding hydrogens is 274 g/mol. The highest BCUT2D eigenvalue weighted by atomic mass is 15.4. The van der Waals surface area contributed by atoms with Gasteiger partial charge in [-0.3, -0.25) is 14.6 Å². The fourth-order valence-corrected chi connectivity index (χ4v) is 3.22. The lowest BCUT2D eigenvalue weighted by molar-refractivity contribution is 0.206. The molecule has 1 aliphatic rings. The maximum Gasteiger partial charge on any atom is 0.0967 e. The van der Waals surface area contributed by atoms with Crippen LogP contribution >= 0.6 is 0 Å². The van der Waals surface area contributed by atoms with Crippen molar-refractivity contribution in [3.8, 4) is 0 Å². The number of hydrogen-bond donors (Lipinski definition) is 0. The maximum atomic E-state index is 4.63. The van der Waals surface area contributed by atoms with Crippen LogP contribution in [0.2, 0.25) is 0 Å². The average molecular weight is 299 g/mol. The molecule has 0 bridgehead atoms. The minimum Gasteiger partial charge on any atom is -0.292 e. The summed E-state index contributed by atoms with van der Waals surface area (Å²) < 4.78 is 1.96. The maximum absolute atomic E-state index is 4.63. The molecule has 1 atom stereocenters. The van der Waals surface area contributed by atoms with Crippen molar-refractivity contribution in [3.63, 3.8) is 0 Å². The second kappa shape index (κ2) is 7.01. The average Bonchev–Trinajstić information content (AvgIpc) is 2.99. The summed E-state index contributed by atoms with van der Waals surface area (Å²) in [5.74, 6) is 0. The van der Waals surface area contributed by atoms with Crippen molar-refractivity contribution in [1.29, 1.82) is 0 Å². The molecule has 5 nitrogen and oxygen atoms in total. The summed E-state index contributed by atoms with van der Waals surface area (Å²) in [4.78, 5) is 6.99. The summed E-state index contributed by atoms with van der Waals surface area (Å²) in [6.45, 7) is 3.98. The molecule has 2 heterocycles. The Balaban J connectivity index is 1.67. The van der Waals surface area contributed by atoms with E-state index in [2.05, 4.69) is 46.4 Å². The van der Waals surface area contributed by atoms with Crippen molar-refractivity contribution in [2.45, 2.75) is 58.2 Å². The second-order valence-electron chi connectivity index (χ2n) is 6.20. The van der Waals surface area contributed by atoms with E-state index < -0.39 is 0 Å². The number of rotatable bonds is 6. The summed E-state index contributed by atoms with van der Waals surface area (Å²) >= 11 is 0. The summed E-state index contributed by atoms with van der Waals surface area (Å²) in [5, 5.41) is 8.53. The molecule has 0 fully saturated rings. The molecule has 5 heteroatoms.